The smallest absolute Gasteiger partial charge is 0.339 e. The molecule has 0 amide bonds. The Hall–Kier alpha value is -2.29. The third-order valence-corrected chi connectivity index (χ3v) is 3.38. The number of ether oxygens (including phenoxy) is 1. The number of carboxylic acids is 1. The van der Waals surface area contributed by atoms with Crippen molar-refractivity contribution in [2.75, 3.05) is 7.11 Å². The van der Waals surface area contributed by atoms with Crippen molar-refractivity contribution in [3.8, 4) is 5.75 Å². The Labute approximate surface area is 118 Å². The van der Waals surface area contributed by atoms with Crippen LogP contribution in [0.5, 0.6) is 5.75 Å². The third kappa shape index (κ3) is 2.82. The topological polar surface area (TPSA) is 46.5 Å². The fourth-order valence-electron chi connectivity index (χ4n) is 2.44. The molecule has 0 radical (unpaired) electrons. The number of hydrogen-bond acceptors (Lipinski definition) is 2. The number of methoxy groups -OCH3 is 1. The molecule has 2 aromatic rings. The Kier molecular flexibility index (Phi) is 4.41. The van der Waals surface area contributed by atoms with Gasteiger partial charge < -0.3 is 9.84 Å². The van der Waals surface area contributed by atoms with Crippen LogP contribution in [0.3, 0.4) is 0 Å². The summed E-state index contributed by atoms with van der Waals surface area (Å²) in [7, 11) is 1.52. The molecule has 0 aliphatic heterocycles. The van der Waals surface area contributed by atoms with E-state index in [0.29, 0.717) is 5.75 Å². The van der Waals surface area contributed by atoms with Gasteiger partial charge in [0.2, 0.25) is 0 Å². The maximum atomic E-state index is 11.2. The summed E-state index contributed by atoms with van der Waals surface area (Å²) in [6.45, 7) is 2.01. The van der Waals surface area contributed by atoms with Gasteiger partial charge in [-0.2, -0.15) is 0 Å². The lowest BCUT2D eigenvalue weighted by molar-refractivity contribution is 0.0693. The zero-order chi connectivity index (χ0) is 14.5. The van der Waals surface area contributed by atoms with Crippen molar-refractivity contribution in [3.05, 3.63) is 64.7 Å². The van der Waals surface area contributed by atoms with E-state index in [1.807, 2.05) is 31.2 Å². The van der Waals surface area contributed by atoms with Crippen LogP contribution in [0, 0.1) is 0 Å². The lowest BCUT2D eigenvalue weighted by Gasteiger charge is -2.15. The highest BCUT2D eigenvalue weighted by Crippen LogP contribution is 2.29. The van der Waals surface area contributed by atoms with E-state index in [0.717, 1.165) is 24.0 Å². The van der Waals surface area contributed by atoms with Gasteiger partial charge in [-0.05, 0) is 35.6 Å². The van der Waals surface area contributed by atoms with Crippen molar-refractivity contribution >= 4 is 5.97 Å². The molecular weight excluding hydrogens is 252 g/mol. The first-order valence-corrected chi connectivity index (χ1v) is 6.63. The molecule has 0 bridgehead atoms. The number of hydrogen-bond donors (Lipinski definition) is 1. The molecule has 0 spiro atoms. The molecule has 20 heavy (non-hydrogen) atoms. The molecule has 1 N–H and O–H groups in total. The van der Waals surface area contributed by atoms with Gasteiger partial charge in [0.1, 0.15) is 11.3 Å². The summed E-state index contributed by atoms with van der Waals surface area (Å²) < 4.78 is 5.33. The van der Waals surface area contributed by atoms with Crippen LogP contribution < -0.4 is 4.74 Å². The molecule has 0 aliphatic carbocycles. The zero-order valence-electron chi connectivity index (χ0n) is 11.7. The van der Waals surface area contributed by atoms with Gasteiger partial charge in [0.15, 0.2) is 0 Å². The van der Waals surface area contributed by atoms with E-state index in [1.165, 1.54) is 12.7 Å². The third-order valence-electron chi connectivity index (χ3n) is 3.38. The molecule has 2 rings (SSSR count). The first-order valence-electron chi connectivity index (χ1n) is 6.63. The number of carboxylic acid groups (broad SMARTS) is 1. The zero-order valence-corrected chi connectivity index (χ0v) is 11.7. The first kappa shape index (κ1) is 14.1. The Bertz CT molecular complexity index is 603. The second-order valence-electron chi connectivity index (χ2n) is 4.61. The van der Waals surface area contributed by atoms with E-state index in [-0.39, 0.29) is 5.56 Å². The minimum atomic E-state index is -0.956. The molecule has 0 aromatic heterocycles. The molecule has 0 heterocycles. The van der Waals surface area contributed by atoms with Gasteiger partial charge >= 0.3 is 5.97 Å². The van der Waals surface area contributed by atoms with Crippen molar-refractivity contribution in [3.63, 3.8) is 0 Å². The molecule has 0 aliphatic rings. The van der Waals surface area contributed by atoms with Crippen LogP contribution in [0.25, 0.3) is 0 Å². The summed E-state index contributed by atoms with van der Waals surface area (Å²) in [4.78, 5) is 11.2. The summed E-state index contributed by atoms with van der Waals surface area (Å²) in [5.41, 5.74) is 3.50. The van der Waals surface area contributed by atoms with Crippen molar-refractivity contribution in [2.24, 2.45) is 0 Å². The summed E-state index contributed by atoms with van der Waals surface area (Å²) in [6.07, 6.45) is 1.52. The van der Waals surface area contributed by atoms with Gasteiger partial charge in [-0.3, -0.25) is 0 Å². The number of rotatable bonds is 5. The molecule has 0 atom stereocenters. The lowest BCUT2D eigenvalue weighted by atomic mass is 9.95. The van der Waals surface area contributed by atoms with Crippen LogP contribution in [0.4, 0.5) is 0 Å². The monoisotopic (exact) mass is 270 g/mol. The molecule has 3 nitrogen and oxygen atoms in total. The van der Waals surface area contributed by atoms with Crippen LogP contribution in [0.1, 0.15) is 34.0 Å². The second-order valence-corrected chi connectivity index (χ2v) is 4.61. The maximum absolute atomic E-state index is 11.2. The molecule has 0 unspecified atom stereocenters. The Morgan fingerprint density at radius 3 is 2.40 bits per heavy atom. The van der Waals surface area contributed by atoms with E-state index in [4.69, 9.17) is 4.74 Å². The van der Waals surface area contributed by atoms with E-state index < -0.39 is 5.97 Å². The van der Waals surface area contributed by atoms with Gasteiger partial charge in [-0.15, -0.1) is 0 Å². The van der Waals surface area contributed by atoms with Crippen molar-refractivity contribution < 1.29 is 14.6 Å². The standard InChI is InChI=1S/C17H18O3/c1-3-14-13(11-12-7-5-4-6-8-12)9-10-15(17(18)19)16(14)20-2/h4-10H,3,11H2,1-2H3,(H,18,19). The second kappa shape index (κ2) is 6.24. The molecule has 3 heteroatoms. The largest absolute Gasteiger partial charge is 0.496 e. The fourth-order valence-corrected chi connectivity index (χ4v) is 2.44. The Morgan fingerprint density at radius 2 is 1.85 bits per heavy atom. The lowest BCUT2D eigenvalue weighted by Crippen LogP contribution is -2.06. The van der Waals surface area contributed by atoms with E-state index >= 15 is 0 Å². The van der Waals surface area contributed by atoms with Gasteiger partial charge in [-0.1, -0.05) is 43.3 Å². The summed E-state index contributed by atoms with van der Waals surface area (Å²) in [6, 6.07) is 13.6. The quantitative estimate of drug-likeness (QED) is 0.903. The first-order chi connectivity index (χ1) is 9.67. The van der Waals surface area contributed by atoms with Crippen molar-refractivity contribution in [1.82, 2.24) is 0 Å². The van der Waals surface area contributed by atoms with Crippen LogP contribution in [-0.4, -0.2) is 18.2 Å². The van der Waals surface area contributed by atoms with Crippen LogP contribution >= 0.6 is 0 Å². The maximum Gasteiger partial charge on any atom is 0.339 e. The summed E-state index contributed by atoms with van der Waals surface area (Å²) in [5.74, 6) is -0.476. The highest BCUT2D eigenvalue weighted by Gasteiger charge is 2.17. The minimum absolute atomic E-state index is 0.223. The SMILES string of the molecule is CCc1c(Cc2ccccc2)ccc(C(=O)O)c1OC. The predicted molar refractivity (Wildman–Crippen MR) is 78.6 cm³/mol. The summed E-state index contributed by atoms with van der Waals surface area (Å²) >= 11 is 0. The Morgan fingerprint density at radius 1 is 1.15 bits per heavy atom. The molecular formula is C17H18O3. The average Bonchev–Trinajstić information content (AvgIpc) is 2.47. The van der Waals surface area contributed by atoms with E-state index in [9.17, 15) is 9.90 Å². The number of aromatic carboxylic acids is 1. The van der Waals surface area contributed by atoms with Crippen molar-refractivity contribution in [2.45, 2.75) is 19.8 Å². The molecule has 0 saturated carbocycles. The van der Waals surface area contributed by atoms with E-state index in [2.05, 4.69) is 12.1 Å². The predicted octanol–water partition coefficient (Wildman–Crippen LogP) is 3.55. The van der Waals surface area contributed by atoms with Gasteiger partial charge in [-0.25, -0.2) is 4.79 Å². The van der Waals surface area contributed by atoms with E-state index in [1.54, 1.807) is 6.07 Å². The van der Waals surface area contributed by atoms with Gasteiger partial charge in [0.05, 0.1) is 7.11 Å². The molecule has 2 aromatic carbocycles. The number of carbonyl (C=O) groups is 1. The summed E-state index contributed by atoms with van der Waals surface area (Å²) in [5, 5.41) is 9.22. The average molecular weight is 270 g/mol. The highest BCUT2D eigenvalue weighted by molar-refractivity contribution is 5.91. The van der Waals surface area contributed by atoms with Crippen LogP contribution in [-0.2, 0) is 12.8 Å². The van der Waals surface area contributed by atoms with Crippen molar-refractivity contribution in [1.29, 1.82) is 0 Å². The number of benzene rings is 2. The molecule has 0 saturated heterocycles. The Balaban J connectivity index is 2.46. The van der Waals surface area contributed by atoms with Gasteiger partial charge in [0.25, 0.3) is 0 Å². The van der Waals surface area contributed by atoms with Crippen LogP contribution in [0.2, 0.25) is 0 Å². The minimum Gasteiger partial charge on any atom is -0.496 e. The normalized spacial score (nSPS) is 10.3. The van der Waals surface area contributed by atoms with Gasteiger partial charge in [0, 0.05) is 0 Å². The molecule has 104 valence electrons. The molecule has 0 fully saturated rings. The highest BCUT2D eigenvalue weighted by atomic mass is 16.5. The fraction of sp³-hybridized carbons (Fsp3) is 0.235. The van der Waals surface area contributed by atoms with Crippen LogP contribution in [0.15, 0.2) is 42.5 Å².